The van der Waals surface area contributed by atoms with Crippen molar-refractivity contribution in [3.05, 3.63) is 94.8 Å². The molecule has 0 aromatic heterocycles. The van der Waals surface area contributed by atoms with Gasteiger partial charge < -0.3 is 14.6 Å². The van der Waals surface area contributed by atoms with E-state index in [1.807, 2.05) is 0 Å². The second kappa shape index (κ2) is 8.30. The van der Waals surface area contributed by atoms with Gasteiger partial charge in [-0.1, -0.05) is 66.7 Å². The van der Waals surface area contributed by atoms with E-state index in [0.29, 0.717) is 10.8 Å². The summed E-state index contributed by atoms with van der Waals surface area (Å²) >= 11 is 0. The van der Waals surface area contributed by atoms with Crippen molar-refractivity contribution in [1.82, 2.24) is 0 Å². The molecule has 1 aliphatic heterocycles. The van der Waals surface area contributed by atoms with Crippen LogP contribution in [0.1, 0.15) is 39.1 Å². The van der Waals surface area contributed by atoms with Crippen molar-refractivity contribution in [2.45, 2.75) is 24.8 Å². The lowest BCUT2D eigenvalue weighted by atomic mass is 9.68. The van der Waals surface area contributed by atoms with Gasteiger partial charge in [0.15, 0.2) is 11.5 Å². The number of ketones is 2. The molecule has 1 N–H and O–H groups in total. The molecule has 3 aromatic carbocycles. The highest BCUT2D eigenvalue weighted by atomic mass is 19.4. The number of carbonyl (C=O) groups excluding carboxylic acids is 3. The molecule has 6 nitrogen and oxygen atoms in total. The van der Waals surface area contributed by atoms with Crippen molar-refractivity contribution in [1.29, 1.82) is 0 Å². The Morgan fingerprint density at radius 3 is 2.25 bits per heavy atom. The molecule has 2 aliphatic rings. The molecule has 0 fully saturated rings. The summed E-state index contributed by atoms with van der Waals surface area (Å²) in [5.74, 6) is -12.4. The highest BCUT2D eigenvalue weighted by Crippen LogP contribution is 2.55. The van der Waals surface area contributed by atoms with E-state index in [1.54, 1.807) is 36.4 Å². The van der Waals surface area contributed by atoms with Crippen LogP contribution in [-0.4, -0.2) is 41.2 Å². The molecular formula is C27H19F3O6. The molecule has 0 unspecified atom stereocenters. The smallest absolute Gasteiger partial charge is 0.456 e. The average Bonchev–Trinajstić information content (AvgIpc) is 2.85. The Balaban J connectivity index is 1.88. The van der Waals surface area contributed by atoms with Gasteiger partial charge in [-0.2, -0.15) is 13.2 Å². The van der Waals surface area contributed by atoms with Crippen LogP contribution in [0, 0.1) is 5.92 Å². The predicted octanol–water partition coefficient (Wildman–Crippen LogP) is 4.72. The van der Waals surface area contributed by atoms with Crippen molar-refractivity contribution in [3.63, 3.8) is 0 Å². The van der Waals surface area contributed by atoms with E-state index in [0.717, 1.165) is 0 Å². The van der Waals surface area contributed by atoms with Crippen molar-refractivity contribution in [3.8, 4) is 0 Å². The highest BCUT2D eigenvalue weighted by Gasteiger charge is 2.70. The monoisotopic (exact) mass is 496 g/mol. The molecule has 0 amide bonds. The number of Topliss-reactive ketones (excluding diaryl/α,β-unsaturated/α-hetero) is 2. The number of allylic oxidation sites excluding steroid dienone is 2. The second-order valence-electron chi connectivity index (χ2n) is 8.52. The summed E-state index contributed by atoms with van der Waals surface area (Å²) < 4.78 is 53.3. The van der Waals surface area contributed by atoms with Gasteiger partial charge in [0.2, 0.25) is 5.78 Å². The topological polar surface area (TPSA) is 89.9 Å². The van der Waals surface area contributed by atoms with Gasteiger partial charge in [-0.25, -0.2) is 0 Å². The van der Waals surface area contributed by atoms with E-state index >= 15 is 0 Å². The number of benzene rings is 3. The summed E-state index contributed by atoms with van der Waals surface area (Å²) in [7, 11) is 0. The maximum absolute atomic E-state index is 14.5. The van der Waals surface area contributed by atoms with Crippen LogP contribution in [0.2, 0.25) is 0 Å². The van der Waals surface area contributed by atoms with Crippen LogP contribution < -0.4 is 0 Å². The molecular weight excluding hydrogens is 477 g/mol. The van der Waals surface area contributed by atoms with E-state index in [-0.39, 0.29) is 23.3 Å². The molecule has 1 aliphatic carbocycles. The fourth-order valence-electron chi connectivity index (χ4n) is 4.99. The minimum atomic E-state index is -5.52. The number of alkyl halides is 3. The lowest BCUT2D eigenvalue weighted by Gasteiger charge is -2.45. The van der Waals surface area contributed by atoms with Gasteiger partial charge in [0.25, 0.3) is 0 Å². The quantitative estimate of drug-likeness (QED) is 0.528. The van der Waals surface area contributed by atoms with Gasteiger partial charge in [-0.3, -0.25) is 14.4 Å². The van der Waals surface area contributed by atoms with Crippen LogP contribution in [0.4, 0.5) is 13.2 Å². The average molecular weight is 496 g/mol. The largest absolute Gasteiger partial charge is 0.466 e. The second-order valence-corrected chi connectivity index (χ2v) is 8.52. The zero-order valence-corrected chi connectivity index (χ0v) is 18.8. The molecule has 3 atom stereocenters. The molecule has 0 radical (unpaired) electrons. The molecule has 184 valence electrons. The van der Waals surface area contributed by atoms with Gasteiger partial charge in [-0.15, -0.1) is 0 Å². The van der Waals surface area contributed by atoms with Gasteiger partial charge in [-0.05, 0) is 23.3 Å². The number of hydrogen-bond acceptors (Lipinski definition) is 6. The van der Waals surface area contributed by atoms with Crippen LogP contribution in [0.15, 0.2) is 78.1 Å². The Labute approximate surface area is 202 Å². The predicted molar refractivity (Wildman–Crippen MR) is 121 cm³/mol. The Hall–Kier alpha value is -3.98. The van der Waals surface area contributed by atoms with Crippen LogP contribution in [0.5, 0.6) is 0 Å². The fraction of sp³-hybridized carbons (Fsp3) is 0.222. The zero-order chi connectivity index (χ0) is 25.8. The number of aliphatic hydroxyl groups is 1. The number of carbonyl (C=O) groups is 3. The van der Waals surface area contributed by atoms with Crippen molar-refractivity contribution in [2.24, 2.45) is 5.92 Å². The summed E-state index contributed by atoms with van der Waals surface area (Å²) in [4.78, 5) is 40.1. The standard InChI is InChI=1S/C27H19F3O6/c1-2-35-25(33)21-19(16-13-7-9-14-8-3-4-10-15(14)16)20-22(31)17-11-5-6-12-18(17)23(32)24(20)36-26(21,34)27(28,29)30/h3-13,19,21,34H,2H2,1H3/t19-,21-,26+/m1/s1. The van der Waals surface area contributed by atoms with Crippen molar-refractivity contribution in [2.75, 3.05) is 6.61 Å². The van der Waals surface area contributed by atoms with Gasteiger partial charge >= 0.3 is 17.9 Å². The number of ether oxygens (including phenoxy) is 2. The Kier molecular flexibility index (Phi) is 5.48. The number of halogens is 3. The molecule has 0 saturated carbocycles. The first-order valence-electron chi connectivity index (χ1n) is 11.1. The number of rotatable bonds is 3. The normalized spacial score (nSPS) is 23.7. The third-order valence-corrected chi connectivity index (χ3v) is 6.54. The molecule has 0 bridgehead atoms. The van der Waals surface area contributed by atoms with Crippen molar-refractivity contribution >= 4 is 28.3 Å². The zero-order valence-electron chi connectivity index (χ0n) is 18.8. The first-order valence-corrected chi connectivity index (χ1v) is 11.1. The number of hydrogen-bond donors (Lipinski definition) is 1. The lowest BCUT2D eigenvalue weighted by molar-refractivity contribution is -0.375. The van der Waals surface area contributed by atoms with Gasteiger partial charge in [0.1, 0.15) is 5.92 Å². The Bertz CT molecular complexity index is 1450. The lowest BCUT2D eigenvalue weighted by Crippen LogP contribution is -2.61. The summed E-state index contributed by atoms with van der Waals surface area (Å²) in [5, 5.41) is 12.1. The Morgan fingerprint density at radius 2 is 1.58 bits per heavy atom. The van der Waals surface area contributed by atoms with E-state index in [1.165, 1.54) is 37.3 Å². The fourth-order valence-corrected chi connectivity index (χ4v) is 4.99. The van der Waals surface area contributed by atoms with Crippen LogP contribution in [0.3, 0.4) is 0 Å². The third kappa shape index (κ3) is 3.34. The highest BCUT2D eigenvalue weighted by molar-refractivity contribution is 6.27. The van der Waals surface area contributed by atoms with E-state index in [9.17, 15) is 32.7 Å². The number of esters is 1. The van der Waals surface area contributed by atoms with Crippen molar-refractivity contribution < 1.29 is 42.1 Å². The molecule has 0 saturated heterocycles. The summed E-state index contributed by atoms with van der Waals surface area (Å²) in [6, 6.07) is 17.1. The number of fused-ring (bicyclic) bond motifs is 2. The molecule has 3 aromatic rings. The van der Waals surface area contributed by atoms with E-state index in [2.05, 4.69) is 0 Å². The molecule has 5 rings (SSSR count). The maximum Gasteiger partial charge on any atom is 0.456 e. The van der Waals surface area contributed by atoms with Gasteiger partial charge in [0.05, 0.1) is 12.2 Å². The van der Waals surface area contributed by atoms with E-state index in [4.69, 9.17) is 9.47 Å². The van der Waals surface area contributed by atoms with Crippen LogP contribution >= 0.6 is 0 Å². The molecule has 36 heavy (non-hydrogen) atoms. The molecule has 0 spiro atoms. The van der Waals surface area contributed by atoms with E-state index < -0.39 is 52.7 Å². The summed E-state index contributed by atoms with van der Waals surface area (Å²) in [6.07, 6.45) is -5.52. The van der Waals surface area contributed by atoms with Gasteiger partial charge in [0, 0.05) is 17.0 Å². The minimum absolute atomic E-state index is 0.0323. The molecule has 9 heteroatoms. The molecule has 1 heterocycles. The Morgan fingerprint density at radius 1 is 0.972 bits per heavy atom. The third-order valence-electron chi connectivity index (χ3n) is 6.54. The SMILES string of the molecule is CCOC(=O)[C@H]1[C@H](c2cccc3ccccc23)C2=C(O[C@]1(O)C(F)(F)F)C(=O)c1ccccc1C2=O. The first kappa shape index (κ1) is 23.7. The summed E-state index contributed by atoms with van der Waals surface area (Å²) in [5.41, 5.74) is -0.473. The van der Waals surface area contributed by atoms with Crippen LogP contribution in [-0.2, 0) is 14.3 Å². The van der Waals surface area contributed by atoms with Crippen LogP contribution in [0.25, 0.3) is 10.8 Å². The maximum atomic E-state index is 14.5. The minimum Gasteiger partial charge on any atom is -0.466 e. The first-order chi connectivity index (χ1) is 17.1. The summed E-state index contributed by atoms with van der Waals surface area (Å²) in [6.45, 7) is 1.12.